The zero-order valence-corrected chi connectivity index (χ0v) is 13.1. The molecule has 3 N–H and O–H groups in total. The van der Waals surface area contributed by atoms with Gasteiger partial charge in [0.25, 0.3) is 5.79 Å². The molecule has 10 heteroatoms. The minimum atomic E-state index is -4.72. The lowest BCUT2D eigenvalue weighted by Crippen LogP contribution is -2.42. The number of hydrogen-bond donors (Lipinski definition) is 2. The predicted molar refractivity (Wildman–Crippen MR) is 77.9 cm³/mol. The van der Waals surface area contributed by atoms with Gasteiger partial charge in [-0.05, 0) is 18.2 Å². The van der Waals surface area contributed by atoms with Crippen LogP contribution in [0.1, 0.15) is 29.8 Å². The first-order chi connectivity index (χ1) is 11.4. The lowest BCUT2D eigenvalue weighted by molar-refractivity contribution is -0.222. The van der Waals surface area contributed by atoms with Crippen LogP contribution in [0.2, 0.25) is 0 Å². The van der Waals surface area contributed by atoms with Crippen LogP contribution in [-0.2, 0) is 25.2 Å². The first kappa shape index (κ1) is 18.3. The quantitative estimate of drug-likeness (QED) is 0.486. The largest absolute Gasteiger partial charge is 0.419 e. The molecule has 0 aliphatic carbocycles. The summed E-state index contributed by atoms with van der Waals surface area (Å²) in [5, 5.41) is 2.34. The molecule has 2 rings (SSSR count). The molecule has 0 aromatic heterocycles. The molecular formula is C15H13F3N2O5. The van der Waals surface area contributed by atoms with Crippen molar-refractivity contribution in [1.82, 2.24) is 0 Å². The average Bonchev–Trinajstić information content (AvgIpc) is 2.43. The fourth-order valence-corrected chi connectivity index (χ4v) is 1.95. The van der Waals surface area contributed by atoms with Gasteiger partial charge >= 0.3 is 18.1 Å². The lowest BCUT2D eigenvalue weighted by atomic mass is 10.1. The van der Waals surface area contributed by atoms with E-state index in [-0.39, 0.29) is 5.69 Å². The standard InChI is InChI=1S/C15H13F3N2O5/c1-14(2)24-12(22)10(13(23)25-14)6-20-9-4-7(11(19)21)3-8(5-9)15(16,17)18/h3-6,20H,1-2H3,(H2,19,21). The maximum Gasteiger partial charge on any atom is 0.416 e. The smallest absolute Gasteiger partial charge is 0.416 e. The second kappa shape index (κ2) is 6.11. The summed E-state index contributed by atoms with van der Waals surface area (Å²) in [5.41, 5.74) is 2.74. The highest BCUT2D eigenvalue weighted by atomic mass is 19.4. The summed E-state index contributed by atoms with van der Waals surface area (Å²) in [7, 11) is 0. The van der Waals surface area contributed by atoms with E-state index in [1.54, 1.807) is 0 Å². The highest BCUT2D eigenvalue weighted by Crippen LogP contribution is 2.32. The van der Waals surface area contributed by atoms with Crippen molar-refractivity contribution in [3.05, 3.63) is 41.1 Å². The van der Waals surface area contributed by atoms with E-state index in [4.69, 9.17) is 15.2 Å². The van der Waals surface area contributed by atoms with Gasteiger partial charge in [-0.25, -0.2) is 9.59 Å². The summed E-state index contributed by atoms with van der Waals surface area (Å²) in [6, 6.07) is 2.32. The second-order valence-electron chi connectivity index (χ2n) is 5.54. The van der Waals surface area contributed by atoms with E-state index < -0.39 is 46.5 Å². The number of anilines is 1. The van der Waals surface area contributed by atoms with Crippen molar-refractivity contribution in [2.24, 2.45) is 5.73 Å². The molecule has 0 unspecified atom stereocenters. The van der Waals surface area contributed by atoms with Crippen LogP contribution in [-0.4, -0.2) is 23.6 Å². The number of alkyl halides is 3. The van der Waals surface area contributed by atoms with Gasteiger partial charge in [0.1, 0.15) is 0 Å². The molecule has 0 bridgehead atoms. The van der Waals surface area contributed by atoms with Crippen LogP contribution in [0.3, 0.4) is 0 Å². The Kier molecular flexibility index (Phi) is 4.47. The Balaban J connectivity index is 2.34. The van der Waals surface area contributed by atoms with E-state index in [0.29, 0.717) is 12.1 Å². The van der Waals surface area contributed by atoms with Gasteiger partial charge in [0.05, 0.1) is 5.56 Å². The Morgan fingerprint density at radius 1 is 1.16 bits per heavy atom. The molecule has 1 saturated heterocycles. The van der Waals surface area contributed by atoms with Crippen LogP contribution in [0, 0.1) is 0 Å². The second-order valence-corrected chi connectivity index (χ2v) is 5.54. The van der Waals surface area contributed by atoms with Crippen molar-refractivity contribution in [2.75, 3.05) is 5.32 Å². The molecule has 1 heterocycles. The average molecular weight is 358 g/mol. The van der Waals surface area contributed by atoms with E-state index in [1.165, 1.54) is 13.8 Å². The van der Waals surface area contributed by atoms with Gasteiger partial charge < -0.3 is 20.5 Å². The van der Waals surface area contributed by atoms with Gasteiger partial charge in [-0.1, -0.05) is 0 Å². The van der Waals surface area contributed by atoms with Gasteiger partial charge in [0, 0.05) is 31.3 Å². The zero-order chi connectivity index (χ0) is 19.0. The highest BCUT2D eigenvalue weighted by Gasteiger charge is 2.39. The normalized spacial score (nSPS) is 16.8. The number of rotatable bonds is 3. The predicted octanol–water partition coefficient (Wildman–Crippen LogP) is 1.94. The topological polar surface area (TPSA) is 108 Å². The van der Waals surface area contributed by atoms with Crippen LogP contribution in [0.15, 0.2) is 30.0 Å². The molecule has 0 radical (unpaired) electrons. The number of amides is 1. The summed E-state index contributed by atoms with van der Waals surface area (Å²) in [6.07, 6.45) is -3.89. The highest BCUT2D eigenvalue weighted by molar-refractivity contribution is 6.15. The van der Waals surface area contributed by atoms with Crippen LogP contribution in [0.4, 0.5) is 18.9 Å². The SMILES string of the molecule is CC1(C)OC(=O)C(=CNc2cc(C(N)=O)cc(C(F)(F)F)c2)C(=O)O1. The molecule has 1 aromatic rings. The molecule has 1 aliphatic rings. The third-order valence-corrected chi connectivity index (χ3v) is 3.04. The Bertz CT molecular complexity index is 762. The van der Waals surface area contributed by atoms with Crippen molar-refractivity contribution < 1.29 is 37.0 Å². The maximum atomic E-state index is 12.9. The van der Waals surface area contributed by atoms with E-state index >= 15 is 0 Å². The molecule has 0 saturated carbocycles. The van der Waals surface area contributed by atoms with Crippen molar-refractivity contribution in [3.63, 3.8) is 0 Å². The molecule has 1 aliphatic heterocycles. The molecule has 0 spiro atoms. The molecular weight excluding hydrogens is 345 g/mol. The van der Waals surface area contributed by atoms with E-state index in [1.807, 2.05) is 0 Å². The van der Waals surface area contributed by atoms with E-state index in [0.717, 1.165) is 12.3 Å². The number of cyclic esters (lactones) is 2. The number of benzene rings is 1. The van der Waals surface area contributed by atoms with E-state index in [9.17, 15) is 27.6 Å². The van der Waals surface area contributed by atoms with Gasteiger partial charge in [-0.2, -0.15) is 13.2 Å². The molecule has 7 nitrogen and oxygen atoms in total. The Labute approximate surface area is 139 Å². The number of nitrogens with one attached hydrogen (secondary N) is 1. The Hall–Kier alpha value is -3.04. The third-order valence-electron chi connectivity index (χ3n) is 3.04. The number of primary amides is 1. The minimum Gasteiger partial charge on any atom is -0.419 e. The molecule has 1 fully saturated rings. The summed E-state index contributed by atoms with van der Waals surface area (Å²) in [6.45, 7) is 2.69. The maximum absolute atomic E-state index is 12.9. The van der Waals surface area contributed by atoms with Crippen LogP contribution in [0.25, 0.3) is 0 Å². The first-order valence-corrected chi connectivity index (χ1v) is 6.84. The molecule has 0 atom stereocenters. The lowest BCUT2D eigenvalue weighted by Gasteiger charge is -2.29. The number of esters is 2. The minimum absolute atomic E-state index is 0.207. The number of carbonyl (C=O) groups is 3. The van der Waals surface area contributed by atoms with Crippen molar-refractivity contribution in [2.45, 2.75) is 25.8 Å². The van der Waals surface area contributed by atoms with Crippen LogP contribution < -0.4 is 11.1 Å². The number of carbonyl (C=O) groups excluding carboxylic acids is 3. The molecule has 134 valence electrons. The first-order valence-electron chi connectivity index (χ1n) is 6.84. The van der Waals surface area contributed by atoms with Crippen molar-refractivity contribution >= 4 is 23.5 Å². The van der Waals surface area contributed by atoms with E-state index in [2.05, 4.69) is 5.32 Å². The van der Waals surface area contributed by atoms with Gasteiger partial charge in [-0.15, -0.1) is 0 Å². The van der Waals surface area contributed by atoms with Gasteiger partial charge in [-0.3, -0.25) is 4.79 Å². The Morgan fingerprint density at radius 2 is 1.72 bits per heavy atom. The molecule has 25 heavy (non-hydrogen) atoms. The fraction of sp³-hybridized carbons (Fsp3) is 0.267. The zero-order valence-electron chi connectivity index (χ0n) is 13.1. The summed E-state index contributed by atoms with van der Waals surface area (Å²) >= 11 is 0. The fourth-order valence-electron chi connectivity index (χ4n) is 1.95. The monoisotopic (exact) mass is 358 g/mol. The molecule has 1 aromatic carbocycles. The van der Waals surface area contributed by atoms with Crippen molar-refractivity contribution in [3.8, 4) is 0 Å². The third kappa shape index (κ3) is 4.28. The molecule has 1 amide bonds. The van der Waals surface area contributed by atoms with Crippen LogP contribution >= 0.6 is 0 Å². The van der Waals surface area contributed by atoms with Gasteiger partial charge in [0.15, 0.2) is 5.57 Å². The Morgan fingerprint density at radius 3 is 2.20 bits per heavy atom. The summed E-state index contributed by atoms with van der Waals surface area (Å²) in [4.78, 5) is 34.7. The summed E-state index contributed by atoms with van der Waals surface area (Å²) in [5.74, 6) is -4.52. The van der Waals surface area contributed by atoms with Crippen LogP contribution in [0.5, 0.6) is 0 Å². The number of ether oxygens (including phenoxy) is 2. The number of halogens is 3. The summed E-state index contributed by atoms with van der Waals surface area (Å²) < 4.78 is 48.3. The number of hydrogen-bond acceptors (Lipinski definition) is 6. The van der Waals surface area contributed by atoms with Gasteiger partial charge in [0.2, 0.25) is 5.91 Å². The van der Waals surface area contributed by atoms with Crippen molar-refractivity contribution in [1.29, 1.82) is 0 Å². The number of nitrogens with two attached hydrogens (primary N) is 1.